The zero-order valence-electron chi connectivity index (χ0n) is 13.7. The summed E-state index contributed by atoms with van der Waals surface area (Å²) in [6, 6.07) is 4.33. The minimum absolute atomic E-state index is 0.00974. The summed E-state index contributed by atoms with van der Waals surface area (Å²) < 4.78 is 0. The standard InChI is InChI=1S/C19H24O5/c1-18(12-20,13-21)11-19(24)6-4-14(5-7-19)2-3-15-8-16(22)10-17(23)9-15/h2-6,8-10,20-24H,7,11-13H2,1H3. The number of aliphatic hydroxyl groups is 3. The fraction of sp³-hybridized carbons (Fsp3) is 0.368. The Morgan fingerprint density at radius 1 is 1.08 bits per heavy atom. The summed E-state index contributed by atoms with van der Waals surface area (Å²) in [7, 11) is 0. The molecule has 0 saturated carbocycles. The van der Waals surface area contributed by atoms with E-state index in [4.69, 9.17) is 0 Å². The van der Waals surface area contributed by atoms with Crippen LogP contribution in [-0.2, 0) is 0 Å². The van der Waals surface area contributed by atoms with Crippen LogP contribution in [-0.4, -0.2) is 44.3 Å². The topological polar surface area (TPSA) is 101 Å². The molecule has 0 aromatic heterocycles. The quantitative estimate of drug-likeness (QED) is 0.549. The SMILES string of the molecule is CC(CO)(CO)CC1(O)C=CC(C=Cc2cc(O)cc(O)c2)=CC1. The van der Waals surface area contributed by atoms with Gasteiger partial charge < -0.3 is 25.5 Å². The molecule has 0 heterocycles. The first-order valence-electron chi connectivity index (χ1n) is 7.82. The fourth-order valence-electron chi connectivity index (χ4n) is 2.74. The average Bonchev–Trinajstić information content (AvgIpc) is 2.53. The number of aliphatic hydroxyl groups excluding tert-OH is 2. The van der Waals surface area contributed by atoms with Crippen molar-refractivity contribution in [1.29, 1.82) is 0 Å². The molecule has 0 amide bonds. The van der Waals surface area contributed by atoms with Gasteiger partial charge in [-0.05, 0) is 36.1 Å². The van der Waals surface area contributed by atoms with Gasteiger partial charge in [-0.3, -0.25) is 0 Å². The van der Waals surface area contributed by atoms with Gasteiger partial charge in [0.25, 0.3) is 0 Å². The number of aromatic hydroxyl groups is 2. The van der Waals surface area contributed by atoms with Gasteiger partial charge in [0.2, 0.25) is 0 Å². The predicted octanol–water partition coefficient (Wildman–Crippen LogP) is 2.11. The van der Waals surface area contributed by atoms with Crippen LogP contribution in [0.3, 0.4) is 0 Å². The van der Waals surface area contributed by atoms with E-state index in [1.54, 1.807) is 25.2 Å². The van der Waals surface area contributed by atoms with Crippen LogP contribution in [0, 0.1) is 5.41 Å². The van der Waals surface area contributed by atoms with Crippen LogP contribution < -0.4 is 0 Å². The van der Waals surface area contributed by atoms with Crippen molar-refractivity contribution in [2.45, 2.75) is 25.4 Å². The summed E-state index contributed by atoms with van der Waals surface area (Å²) in [6.45, 7) is 1.33. The maximum Gasteiger partial charge on any atom is 0.119 e. The van der Waals surface area contributed by atoms with E-state index < -0.39 is 11.0 Å². The minimum Gasteiger partial charge on any atom is -0.508 e. The zero-order chi connectivity index (χ0) is 17.8. The van der Waals surface area contributed by atoms with Crippen LogP contribution in [0.15, 0.2) is 48.1 Å². The second-order valence-electron chi connectivity index (χ2n) is 6.76. The Morgan fingerprint density at radius 3 is 2.21 bits per heavy atom. The van der Waals surface area contributed by atoms with Crippen molar-refractivity contribution in [3.63, 3.8) is 0 Å². The predicted molar refractivity (Wildman–Crippen MR) is 92.5 cm³/mol. The normalized spacial score (nSPS) is 21.2. The molecule has 5 N–H and O–H groups in total. The van der Waals surface area contributed by atoms with Gasteiger partial charge in [-0.25, -0.2) is 0 Å². The first-order chi connectivity index (χ1) is 11.3. The lowest BCUT2D eigenvalue weighted by atomic mass is 9.76. The smallest absolute Gasteiger partial charge is 0.119 e. The molecular formula is C19H24O5. The average molecular weight is 332 g/mol. The van der Waals surface area contributed by atoms with E-state index in [0.29, 0.717) is 12.0 Å². The number of phenolic OH excluding ortho intramolecular Hbond substituents is 2. The molecule has 1 aliphatic rings. The van der Waals surface area contributed by atoms with Gasteiger partial charge >= 0.3 is 0 Å². The van der Waals surface area contributed by atoms with Gasteiger partial charge in [0.15, 0.2) is 0 Å². The van der Waals surface area contributed by atoms with E-state index in [9.17, 15) is 25.5 Å². The molecular weight excluding hydrogens is 308 g/mol. The van der Waals surface area contributed by atoms with Crippen molar-refractivity contribution in [3.8, 4) is 11.5 Å². The Balaban J connectivity index is 2.05. The summed E-state index contributed by atoms with van der Waals surface area (Å²) in [5, 5.41) is 48.3. The molecule has 0 aliphatic heterocycles. The molecule has 0 bridgehead atoms. The van der Waals surface area contributed by atoms with Crippen LogP contribution in [0.2, 0.25) is 0 Å². The second kappa shape index (κ2) is 7.21. The number of hydrogen-bond donors (Lipinski definition) is 5. The number of benzene rings is 1. The molecule has 24 heavy (non-hydrogen) atoms. The van der Waals surface area contributed by atoms with E-state index in [1.807, 2.05) is 12.2 Å². The van der Waals surface area contributed by atoms with Gasteiger partial charge in [0, 0.05) is 11.5 Å². The Bertz CT molecular complexity index is 650. The first-order valence-corrected chi connectivity index (χ1v) is 7.82. The highest BCUT2D eigenvalue weighted by atomic mass is 16.3. The molecule has 1 aromatic rings. The van der Waals surface area contributed by atoms with Gasteiger partial charge in [0.05, 0.1) is 18.8 Å². The second-order valence-corrected chi connectivity index (χ2v) is 6.76. The monoisotopic (exact) mass is 332 g/mol. The highest BCUT2D eigenvalue weighted by Crippen LogP contribution is 2.34. The van der Waals surface area contributed by atoms with Crippen LogP contribution in [0.1, 0.15) is 25.3 Å². The number of phenols is 2. The maximum absolute atomic E-state index is 10.6. The summed E-state index contributed by atoms with van der Waals surface area (Å²) >= 11 is 0. The summed E-state index contributed by atoms with van der Waals surface area (Å²) in [5.74, 6) is -0.0195. The van der Waals surface area contributed by atoms with Crippen molar-refractivity contribution >= 4 is 6.08 Å². The van der Waals surface area contributed by atoms with Crippen molar-refractivity contribution < 1.29 is 25.5 Å². The summed E-state index contributed by atoms with van der Waals surface area (Å²) in [5.41, 5.74) is -0.284. The van der Waals surface area contributed by atoms with Crippen LogP contribution >= 0.6 is 0 Å². The van der Waals surface area contributed by atoms with Gasteiger partial charge in [-0.1, -0.05) is 37.3 Å². The highest BCUT2D eigenvalue weighted by Gasteiger charge is 2.35. The lowest BCUT2D eigenvalue weighted by molar-refractivity contribution is -0.0146. The van der Waals surface area contributed by atoms with Crippen LogP contribution in [0.5, 0.6) is 11.5 Å². The Hall–Kier alpha value is -2.08. The molecule has 2 rings (SSSR count). The molecule has 1 aliphatic carbocycles. The molecule has 0 saturated heterocycles. The Kier molecular flexibility index (Phi) is 5.49. The number of rotatable bonds is 6. The molecule has 1 aromatic carbocycles. The first kappa shape index (κ1) is 18.3. The van der Waals surface area contributed by atoms with Crippen LogP contribution in [0.25, 0.3) is 6.08 Å². The van der Waals surface area contributed by atoms with E-state index in [0.717, 1.165) is 5.57 Å². The van der Waals surface area contributed by atoms with Crippen molar-refractivity contribution in [2.24, 2.45) is 5.41 Å². The van der Waals surface area contributed by atoms with E-state index in [1.165, 1.54) is 18.2 Å². The van der Waals surface area contributed by atoms with Gasteiger partial charge in [-0.15, -0.1) is 0 Å². The van der Waals surface area contributed by atoms with E-state index in [-0.39, 0.29) is 31.1 Å². The highest BCUT2D eigenvalue weighted by molar-refractivity contribution is 5.58. The largest absolute Gasteiger partial charge is 0.508 e. The van der Waals surface area contributed by atoms with Crippen molar-refractivity contribution in [3.05, 3.63) is 53.6 Å². The van der Waals surface area contributed by atoms with Crippen molar-refractivity contribution in [2.75, 3.05) is 13.2 Å². The molecule has 130 valence electrons. The van der Waals surface area contributed by atoms with Gasteiger partial charge in [0.1, 0.15) is 11.5 Å². The molecule has 0 radical (unpaired) electrons. The third-order valence-corrected chi connectivity index (χ3v) is 4.17. The van der Waals surface area contributed by atoms with Crippen molar-refractivity contribution in [1.82, 2.24) is 0 Å². The third kappa shape index (κ3) is 4.71. The molecule has 5 heteroatoms. The molecule has 1 unspecified atom stereocenters. The van der Waals surface area contributed by atoms with Crippen LogP contribution in [0.4, 0.5) is 0 Å². The molecule has 5 nitrogen and oxygen atoms in total. The zero-order valence-corrected chi connectivity index (χ0v) is 13.7. The minimum atomic E-state index is -1.10. The molecule has 0 spiro atoms. The lowest BCUT2D eigenvalue weighted by Gasteiger charge is -2.35. The Labute approximate surface area is 141 Å². The molecule has 1 atom stereocenters. The molecule has 0 fully saturated rings. The van der Waals surface area contributed by atoms with E-state index >= 15 is 0 Å². The lowest BCUT2D eigenvalue weighted by Crippen LogP contribution is -2.38. The Morgan fingerprint density at radius 2 is 1.71 bits per heavy atom. The maximum atomic E-state index is 10.6. The summed E-state index contributed by atoms with van der Waals surface area (Å²) in [4.78, 5) is 0. The fourth-order valence-corrected chi connectivity index (χ4v) is 2.74. The number of hydrogen-bond acceptors (Lipinski definition) is 5. The van der Waals surface area contributed by atoms with E-state index in [2.05, 4.69) is 0 Å². The summed E-state index contributed by atoms with van der Waals surface area (Å²) in [6.07, 6.45) is 9.54. The number of allylic oxidation sites excluding steroid dienone is 3. The van der Waals surface area contributed by atoms with Gasteiger partial charge in [-0.2, -0.15) is 0 Å². The third-order valence-electron chi connectivity index (χ3n) is 4.17.